The maximum absolute atomic E-state index is 5.82. The number of rotatable bonds is 5. The average molecular weight is 386 g/mol. The second kappa shape index (κ2) is 7.47. The summed E-state index contributed by atoms with van der Waals surface area (Å²) in [5.41, 5.74) is 4.15. The summed E-state index contributed by atoms with van der Waals surface area (Å²) in [7, 11) is 0. The highest BCUT2D eigenvalue weighted by molar-refractivity contribution is 5.45. The van der Waals surface area contributed by atoms with Crippen LogP contribution in [-0.4, -0.2) is 20.1 Å². The van der Waals surface area contributed by atoms with Gasteiger partial charge in [-0.05, 0) is 37.1 Å². The molecular weight excluding hydrogens is 364 g/mol. The largest absolute Gasteiger partial charge is 0.438 e. The summed E-state index contributed by atoms with van der Waals surface area (Å²) in [6.45, 7) is 8.29. The number of nitrogens with zero attached hydrogens (tertiary/aromatic N) is 4. The van der Waals surface area contributed by atoms with Crippen molar-refractivity contribution >= 4 is 0 Å². The van der Waals surface area contributed by atoms with E-state index in [1.165, 1.54) is 16.7 Å². The van der Waals surface area contributed by atoms with Crippen molar-refractivity contribution in [2.45, 2.75) is 33.1 Å². The van der Waals surface area contributed by atoms with Crippen molar-refractivity contribution in [2.75, 3.05) is 0 Å². The Balaban J connectivity index is 1.48. The zero-order valence-electron chi connectivity index (χ0n) is 16.9. The number of ether oxygens (including phenoxy) is 1. The van der Waals surface area contributed by atoms with E-state index in [1.54, 1.807) is 19.3 Å². The van der Waals surface area contributed by atoms with Crippen LogP contribution >= 0.6 is 0 Å². The molecule has 0 fully saturated rings. The SMILES string of the molecule is Cc1ccc(C(C)(C)c2ccc(Oc3cnc(-c4nc(C)no4)cn3)cc2)cc1. The fourth-order valence-electron chi connectivity index (χ4n) is 3.08. The monoisotopic (exact) mass is 386 g/mol. The minimum atomic E-state index is -0.101. The fourth-order valence-corrected chi connectivity index (χ4v) is 3.08. The van der Waals surface area contributed by atoms with Crippen LogP contribution in [0.4, 0.5) is 0 Å². The van der Waals surface area contributed by atoms with Crippen LogP contribution in [0.1, 0.15) is 36.4 Å². The summed E-state index contributed by atoms with van der Waals surface area (Å²) < 4.78 is 10.9. The van der Waals surface area contributed by atoms with Gasteiger partial charge in [-0.2, -0.15) is 4.98 Å². The first-order valence-electron chi connectivity index (χ1n) is 9.40. The third-order valence-corrected chi connectivity index (χ3v) is 4.95. The Kier molecular flexibility index (Phi) is 4.84. The lowest BCUT2D eigenvalue weighted by molar-refractivity contribution is 0.423. The van der Waals surface area contributed by atoms with Crippen LogP contribution in [-0.2, 0) is 5.41 Å². The van der Waals surface area contributed by atoms with Gasteiger partial charge in [0.1, 0.15) is 11.4 Å². The quantitative estimate of drug-likeness (QED) is 0.466. The van der Waals surface area contributed by atoms with E-state index in [2.05, 4.69) is 77.3 Å². The van der Waals surface area contributed by atoms with E-state index < -0.39 is 0 Å². The maximum Gasteiger partial charge on any atom is 0.278 e. The van der Waals surface area contributed by atoms with Gasteiger partial charge in [0.25, 0.3) is 5.89 Å². The highest BCUT2D eigenvalue weighted by atomic mass is 16.5. The molecule has 146 valence electrons. The van der Waals surface area contributed by atoms with Crippen molar-refractivity contribution < 1.29 is 9.26 Å². The molecule has 6 nitrogen and oxygen atoms in total. The molecule has 2 aromatic heterocycles. The normalized spacial score (nSPS) is 11.4. The number of aromatic nitrogens is 4. The first kappa shape index (κ1) is 18.8. The Hall–Kier alpha value is -3.54. The van der Waals surface area contributed by atoms with E-state index in [0.717, 1.165) is 0 Å². The number of hydrogen-bond acceptors (Lipinski definition) is 6. The molecule has 0 N–H and O–H groups in total. The first-order valence-corrected chi connectivity index (χ1v) is 9.40. The first-order chi connectivity index (χ1) is 13.9. The summed E-state index contributed by atoms with van der Waals surface area (Å²) >= 11 is 0. The summed E-state index contributed by atoms with van der Waals surface area (Å²) in [5.74, 6) is 1.99. The third-order valence-electron chi connectivity index (χ3n) is 4.95. The Labute approximate surface area is 169 Å². The highest BCUT2D eigenvalue weighted by Crippen LogP contribution is 2.33. The van der Waals surface area contributed by atoms with Gasteiger partial charge in [0.15, 0.2) is 5.82 Å². The molecule has 4 aromatic rings. The van der Waals surface area contributed by atoms with Crippen LogP contribution in [0.3, 0.4) is 0 Å². The Morgan fingerprint density at radius 2 is 1.48 bits per heavy atom. The minimum Gasteiger partial charge on any atom is -0.438 e. The van der Waals surface area contributed by atoms with Gasteiger partial charge in [0.2, 0.25) is 5.88 Å². The van der Waals surface area contributed by atoms with E-state index in [-0.39, 0.29) is 5.41 Å². The van der Waals surface area contributed by atoms with Crippen LogP contribution in [0.15, 0.2) is 65.4 Å². The van der Waals surface area contributed by atoms with E-state index in [0.29, 0.717) is 29.0 Å². The van der Waals surface area contributed by atoms with Crippen molar-refractivity contribution in [3.05, 3.63) is 83.4 Å². The molecule has 0 amide bonds. The molecule has 6 heteroatoms. The van der Waals surface area contributed by atoms with Crippen LogP contribution in [0.2, 0.25) is 0 Å². The van der Waals surface area contributed by atoms with Crippen LogP contribution in [0.25, 0.3) is 11.6 Å². The molecule has 4 rings (SSSR count). The third kappa shape index (κ3) is 4.01. The van der Waals surface area contributed by atoms with Crippen molar-refractivity contribution in [3.8, 4) is 23.2 Å². The molecule has 0 saturated carbocycles. The lowest BCUT2D eigenvalue weighted by Crippen LogP contribution is -2.18. The van der Waals surface area contributed by atoms with Crippen molar-refractivity contribution in [3.63, 3.8) is 0 Å². The molecule has 0 bridgehead atoms. The second-order valence-corrected chi connectivity index (χ2v) is 7.50. The predicted molar refractivity (Wildman–Crippen MR) is 110 cm³/mol. The van der Waals surface area contributed by atoms with E-state index >= 15 is 0 Å². The minimum absolute atomic E-state index is 0.101. The molecule has 0 unspecified atom stereocenters. The highest BCUT2D eigenvalue weighted by Gasteiger charge is 2.23. The predicted octanol–water partition coefficient (Wildman–Crippen LogP) is 5.26. The standard InChI is InChI=1S/C23H22N4O2/c1-15-5-7-17(8-6-15)23(3,4)18-9-11-19(12-10-18)28-21-14-24-20(13-25-21)22-26-16(2)27-29-22/h5-14H,1-4H3. The lowest BCUT2D eigenvalue weighted by Gasteiger charge is -2.26. The summed E-state index contributed by atoms with van der Waals surface area (Å²) in [4.78, 5) is 12.7. The molecule has 0 spiro atoms. The molecule has 2 aromatic carbocycles. The molecule has 0 aliphatic carbocycles. The lowest BCUT2D eigenvalue weighted by atomic mass is 9.78. The fraction of sp³-hybridized carbons (Fsp3) is 0.217. The number of hydrogen-bond donors (Lipinski definition) is 0. The van der Waals surface area contributed by atoms with Gasteiger partial charge in [0.05, 0.1) is 12.4 Å². The second-order valence-electron chi connectivity index (χ2n) is 7.50. The van der Waals surface area contributed by atoms with Gasteiger partial charge < -0.3 is 9.26 Å². The summed E-state index contributed by atoms with van der Waals surface area (Å²) in [6.07, 6.45) is 3.09. The molecule has 0 radical (unpaired) electrons. The molecule has 29 heavy (non-hydrogen) atoms. The van der Waals surface area contributed by atoms with Crippen molar-refractivity contribution in [1.82, 2.24) is 20.1 Å². The Morgan fingerprint density at radius 1 is 0.828 bits per heavy atom. The maximum atomic E-state index is 5.82. The Bertz CT molecular complexity index is 1100. The Morgan fingerprint density at radius 3 is 2.03 bits per heavy atom. The summed E-state index contributed by atoms with van der Waals surface area (Å²) in [6, 6.07) is 16.7. The zero-order chi connectivity index (χ0) is 20.4. The van der Waals surface area contributed by atoms with E-state index in [1.807, 2.05) is 12.1 Å². The summed E-state index contributed by atoms with van der Waals surface area (Å²) in [5, 5.41) is 3.75. The topological polar surface area (TPSA) is 73.9 Å². The van der Waals surface area contributed by atoms with Crippen molar-refractivity contribution in [1.29, 1.82) is 0 Å². The van der Waals surface area contributed by atoms with Gasteiger partial charge in [0, 0.05) is 5.41 Å². The van der Waals surface area contributed by atoms with Crippen molar-refractivity contribution in [2.24, 2.45) is 0 Å². The molecule has 0 aliphatic heterocycles. The van der Waals surface area contributed by atoms with Crippen LogP contribution < -0.4 is 4.74 Å². The van der Waals surface area contributed by atoms with E-state index in [4.69, 9.17) is 9.26 Å². The molecular formula is C23H22N4O2. The van der Waals surface area contributed by atoms with Gasteiger partial charge in [-0.25, -0.2) is 9.97 Å². The molecule has 2 heterocycles. The van der Waals surface area contributed by atoms with E-state index in [9.17, 15) is 0 Å². The molecule has 0 saturated heterocycles. The van der Waals surface area contributed by atoms with Gasteiger partial charge in [-0.1, -0.05) is 61.0 Å². The zero-order valence-corrected chi connectivity index (χ0v) is 16.9. The van der Waals surface area contributed by atoms with Crippen LogP contribution in [0.5, 0.6) is 11.6 Å². The van der Waals surface area contributed by atoms with Crippen LogP contribution in [0, 0.1) is 13.8 Å². The van der Waals surface area contributed by atoms with Gasteiger partial charge in [-0.15, -0.1) is 0 Å². The van der Waals surface area contributed by atoms with Gasteiger partial charge >= 0.3 is 0 Å². The number of aryl methyl sites for hydroxylation is 2. The smallest absolute Gasteiger partial charge is 0.278 e. The number of benzene rings is 2. The van der Waals surface area contributed by atoms with Gasteiger partial charge in [-0.3, -0.25) is 0 Å². The average Bonchev–Trinajstić information content (AvgIpc) is 3.16. The molecule has 0 aliphatic rings. The molecule has 0 atom stereocenters.